The van der Waals surface area contributed by atoms with E-state index in [-0.39, 0.29) is 31.1 Å². The average molecular weight is 873 g/mol. The van der Waals surface area contributed by atoms with Gasteiger partial charge in [-0.3, -0.25) is 14.4 Å². The molecule has 0 aromatic heterocycles. The number of hydrogen-bond donors (Lipinski definition) is 0. The van der Waals surface area contributed by atoms with Gasteiger partial charge in [-0.15, -0.1) is 0 Å². The van der Waals surface area contributed by atoms with E-state index in [9.17, 15) is 14.4 Å². The van der Waals surface area contributed by atoms with Crippen molar-refractivity contribution in [2.75, 3.05) is 13.2 Å². The number of rotatable bonds is 50. The Hall–Kier alpha value is -2.11. The lowest BCUT2D eigenvalue weighted by Gasteiger charge is -2.18. The van der Waals surface area contributed by atoms with Crippen molar-refractivity contribution in [2.45, 2.75) is 303 Å². The van der Waals surface area contributed by atoms with Gasteiger partial charge in [0.25, 0.3) is 0 Å². The van der Waals surface area contributed by atoms with Crippen molar-refractivity contribution in [3.8, 4) is 0 Å². The molecule has 364 valence electrons. The molecule has 0 aliphatic heterocycles. The summed E-state index contributed by atoms with van der Waals surface area (Å²) in [6.45, 7) is 6.64. The van der Waals surface area contributed by atoms with Crippen LogP contribution in [0.5, 0.6) is 0 Å². The molecule has 0 bridgehead atoms. The quantitative estimate of drug-likeness (QED) is 0.0262. The zero-order chi connectivity index (χ0) is 45.1. The normalized spacial score (nSPS) is 12.1. The number of unbranched alkanes of at least 4 members (excludes halogenated alkanes) is 35. The van der Waals surface area contributed by atoms with Gasteiger partial charge in [0.1, 0.15) is 13.2 Å². The van der Waals surface area contributed by atoms with Crippen LogP contribution >= 0.6 is 0 Å². The highest BCUT2D eigenvalue weighted by Gasteiger charge is 2.19. The maximum Gasteiger partial charge on any atom is 0.306 e. The van der Waals surface area contributed by atoms with E-state index in [0.29, 0.717) is 19.3 Å². The van der Waals surface area contributed by atoms with Crippen molar-refractivity contribution >= 4 is 17.9 Å². The lowest BCUT2D eigenvalue weighted by molar-refractivity contribution is -0.167. The minimum absolute atomic E-state index is 0.0761. The second-order valence-corrected chi connectivity index (χ2v) is 18.5. The van der Waals surface area contributed by atoms with Crippen LogP contribution in [0.15, 0.2) is 24.3 Å². The van der Waals surface area contributed by atoms with Gasteiger partial charge < -0.3 is 14.2 Å². The molecule has 6 heteroatoms. The molecule has 0 rings (SSSR count). The summed E-state index contributed by atoms with van der Waals surface area (Å²) in [5.41, 5.74) is 0. The molecule has 0 aromatic rings. The van der Waals surface area contributed by atoms with Crippen LogP contribution in [0.3, 0.4) is 0 Å². The third kappa shape index (κ3) is 48.9. The van der Waals surface area contributed by atoms with E-state index >= 15 is 0 Å². The van der Waals surface area contributed by atoms with Crippen molar-refractivity contribution in [3.05, 3.63) is 24.3 Å². The minimum atomic E-state index is -0.777. The summed E-state index contributed by atoms with van der Waals surface area (Å²) >= 11 is 0. The Kier molecular flexibility index (Phi) is 49.8. The summed E-state index contributed by atoms with van der Waals surface area (Å²) in [6, 6.07) is 0. The molecular formula is C56H104O6. The molecule has 0 N–H and O–H groups in total. The average Bonchev–Trinajstić information content (AvgIpc) is 3.27. The van der Waals surface area contributed by atoms with Gasteiger partial charge >= 0.3 is 17.9 Å². The predicted octanol–water partition coefficient (Wildman–Crippen LogP) is 17.9. The Morgan fingerprint density at radius 3 is 0.823 bits per heavy atom. The molecule has 1 atom stereocenters. The van der Waals surface area contributed by atoms with Gasteiger partial charge in [0, 0.05) is 19.3 Å². The predicted molar refractivity (Wildman–Crippen MR) is 266 cm³/mol. The molecule has 0 radical (unpaired) electrons. The fraction of sp³-hybridized carbons (Fsp3) is 0.875. The van der Waals surface area contributed by atoms with Gasteiger partial charge in [-0.05, 0) is 70.6 Å². The zero-order valence-corrected chi connectivity index (χ0v) is 41.7. The van der Waals surface area contributed by atoms with E-state index in [1.54, 1.807) is 0 Å². The first-order valence-corrected chi connectivity index (χ1v) is 27.3. The number of carbonyl (C=O) groups is 3. The summed E-state index contributed by atoms with van der Waals surface area (Å²) in [5.74, 6) is -0.886. The van der Waals surface area contributed by atoms with E-state index in [1.807, 2.05) is 0 Å². The van der Waals surface area contributed by atoms with Gasteiger partial charge in [0.2, 0.25) is 0 Å². The highest BCUT2D eigenvalue weighted by Crippen LogP contribution is 2.16. The lowest BCUT2D eigenvalue weighted by atomic mass is 10.0. The first kappa shape index (κ1) is 59.9. The second-order valence-electron chi connectivity index (χ2n) is 18.5. The molecule has 0 amide bonds. The Balaban J connectivity index is 4.34. The van der Waals surface area contributed by atoms with E-state index in [4.69, 9.17) is 14.2 Å². The van der Waals surface area contributed by atoms with Crippen LogP contribution in [0.1, 0.15) is 297 Å². The topological polar surface area (TPSA) is 78.9 Å². The summed E-state index contributed by atoms with van der Waals surface area (Å²) in [7, 11) is 0. The van der Waals surface area contributed by atoms with E-state index in [1.165, 1.54) is 180 Å². The maximum atomic E-state index is 12.8. The second kappa shape index (κ2) is 51.5. The zero-order valence-electron chi connectivity index (χ0n) is 41.7. The number of allylic oxidation sites excluding steroid dienone is 4. The molecule has 0 fully saturated rings. The monoisotopic (exact) mass is 873 g/mol. The van der Waals surface area contributed by atoms with Crippen molar-refractivity contribution in [1.29, 1.82) is 0 Å². The fourth-order valence-electron chi connectivity index (χ4n) is 8.02. The Morgan fingerprint density at radius 2 is 0.532 bits per heavy atom. The van der Waals surface area contributed by atoms with E-state index in [0.717, 1.165) is 77.0 Å². The number of ether oxygens (including phenoxy) is 3. The molecule has 0 aromatic carbocycles. The van der Waals surface area contributed by atoms with Gasteiger partial charge in [0.15, 0.2) is 6.10 Å². The molecule has 0 spiro atoms. The van der Waals surface area contributed by atoms with Gasteiger partial charge in [0.05, 0.1) is 0 Å². The van der Waals surface area contributed by atoms with Gasteiger partial charge in [-0.25, -0.2) is 0 Å². The van der Waals surface area contributed by atoms with Crippen LogP contribution < -0.4 is 0 Å². The highest BCUT2D eigenvalue weighted by atomic mass is 16.6. The lowest BCUT2D eigenvalue weighted by Crippen LogP contribution is -2.30. The largest absolute Gasteiger partial charge is 0.462 e. The maximum absolute atomic E-state index is 12.8. The third-order valence-electron chi connectivity index (χ3n) is 12.2. The SMILES string of the molecule is CCCCCCCCC/C=C\CCCCCC(=O)OC(COC(=O)CCCCCCC/C=C\CCCCCCCCCCC)COC(=O)CCCCCCCCCCCCCC. The number of hydrogen-bond acceptors (Lipinski definition) is 6. The Labute approximate surface area is 385 Å². The first-order chi connectivity index (χ1) is 30.5. The number of esters is 3. The molecule has 0 aliphatic rings. The van der Waals surface area contributed by atoms with E-state index < -0.39 is 6.10 Å². The molecule has 0 heterocycles. The molecule has 0 aliphatic carbocycles. The standard InChI is InChI=1S/C56H104O6/c1-4-7-10-13-16-19-22-25-27-28-29-30-32-34-37-40-43-46-49-55(58)61-52-53(51-60-54(57)48-45-42-39-36-33-24-21-18-15-12-9-6-3)62-56(59)50-47-44-41-38-35-31-26-23-20-17-14-11-8-5-2/h29-31,35,53H,4-28,32-34,36-52H2,1-3H3/b30-29-,35-31-. The summed E-state index contributed by atoms with van der Waals surface area (Å²) in [6.07, 6.45) is 58.8. The van der Waals surface area contributed by atoms with Crippen LogP contribution in [0.2, 0.25) is 0 Å². The van der Waals surface area contributed by atoms with Crippen LogP contribution in [0.25, 0.3) is 0 Å². The summed E-state index contributed by atoms with van der Waals surface area (Å²) in [5, 5.41) is 0. The van der Waals surface area contributed by atoms with Crippen molar-refractivity contribution < 1.29 is 28.6 Å². The highest BCUT2D eigenvalue weighted by molar-refractivity contribution is 5.71. The van der Waals surface area contributed by atoms with Crippen molar-refractivity contribution in [3.63, 3.8) is 0 Å². The van der Waals surface area contributed by atoms with Crippen LogP contribution in [0, 0.1) is 0 Å². The van der Waals surface area contributed by atoms with Crippen LogP contribution in [0.4, 0.5) is 0 Å². The van der Waals surface area contributed by atoms with E-state index in [2.05, 4.69) is 45.1 Å². The molecular weight excluding hydrogens is 769 g/mol. The van der Waals surface area contributed by atoms with Crippen molar-refractivity contribution in [2.24, 2.45) is 0 Å². The molecule has 0 saturated heterocycles. The molecule has 1 unspecified atom stereocenters. The van der Waals surface area contributed by atoms with Gasteiger partial charge in [-0.2, -0.15) is 0 Å². The summed E-state index contributed by atoms with van der Waals surface area (Å²) in [4.78, 5) is 38.0. The smallest absolute Gasteiger partial charge is 0.306 e. The Morgan fingerprint density at radius 1 is 0.306 bits per heavy atom. The van der Waals surface area contributed by atoms with Crippen LogP contribution in [-0.2, 0) is 28.6 Å². The first-order valence-electron chi connectivity index (χ1n) is 27.3. The fourth-order valence-corrected chi connectivity index (χ4v) is 8.02. The molecule has 6 nitrogen and oxygen atoms in total. The minimum Gasteiger partial charge on any atom is -0.462 e. The third-order valence-corrected chi connectivity index (χ3v) is 12.2. The summed E-state index contributed by atoms with van der Waals surface area (Å²) < 4.78 is 16.8. The van der Waals surface area contributed by atoms with Crippen molar-refractivity contribution in [1.82, 2.24) is 0 Å². The Bertz CT molecular complexity index is 1000. The number of carbonyl (C=O) groups excluding carboxylic acids is 3. The van der Waals surface area contributed by atoms with Crippen LogP contribution in [-0.4, -0.2) is 37.2 Å². The molecule has 62 heavy (non-hydrogen) atoms. The molecule has 0 saturated carbocycles. The van der Waals surface area contributed by atoms with Gasteiger partial charge in [-0.1, -0.05) is 231 Å².